The van der Waals surface area contributed by atoms with Gasteiger partial charge in [-0.2, -0.15) is 0 Å². The van der Waals surface area contributed by atoms with Crippen LogP contribution in [0.25, 0.3) is 0 Å². The Morgan fingerprint density at radius 2 is 2.17 bits per heavy atom. The Morgan fingerprint density at radius 3 is 2.72 bits per heavy atom. The van der Waals surface area contributed by atoms with E-state index in [0.717, 1.165) is 13.1 Å². The van der Waals surface area contributed by atoms with Crippen LogP contribution in [0.5, 0.6) is 0 Å². The minimum absolute atomic E-state index is 0.0928. The number of carbonyl (C=O) groups is 1. The summed E-state index contributed by atoms with van der Waals surface area (Å²) in [5.41, 5.74) is 0. The monoisotopic (exact) mass is 254 g/mol. The Kier molecular flexibility index (Phi) is 5.01. The van der Waals surface area contributed by atoms with Gasteiger partial charge in [0.05, 0.1) is 13.5 Å². The lowest BCUT2D eigenvalue weighted by molar-refractivity contribution is -0.142. The molecule has 0 aromatic rings. The summed E-state index contributed by atoms with van der Waals surface area (Å²) < 4.78 is 4.78. The smallest absolute Gasteiger partial charge is 0.307 e. The van der Waals surface area contributed by atoms with Crippen LogP contribution in [-0.4, -0.2) is 49.2 Å². The molecular weight excluding hydrogens is 228 g/mol. The third-order valence-electron chi connectivity index (χ3n) is 4.12. The van der Waals surface area contributed by atoms with Gasteiger partial charge in [-0.1, -0.05) is 6.42 Å². The molecule has 2 unspecified atom stereocenters. The van der Waals surface area contributed by atoms with Gasteiger partial charge in [0.25, 0.3) is 0 Å². The third kappa shape index (κ3) is 3.95. The van der Waals surface area contributed by atoms with Gasteiger partial charge in [0.15, 0.2) is 0 Å². The first-order valence-electron chi connectivity index (χ1n) is 7.26. The van der Waals surface area contributed by atoms with Crippen LogP contribution in [0, 0.1) is 0 Å². The number of nitrogens with zero attached hydrogens (tertiary/aromatic N) is 1. The molecule has 1 aliphatic heterocycles. The molecule has 4 nitrogen and oxygen atoms in total. The van der Waals surface area contributed by atoms with E-state index in [4.69, 9.17) is 4.74 Å². The van der Waals surface area contributed by atoms with Crippen molar-refractivity contribution in [2.45, 2.75) is 63.6 Å². The van der Waals surface area contributed by atoms with Gasteiger partial charge >= 0.3 is 5.97 Å². The zero-order chi connectivity index (χ0) is 13.0. The lowest BCUT2D eigenvalue weighted by Gasteiger charge is -2.34. The quantitative estimate of drug-likeness (QED) is 0.730. The number of hydrogen-bond acceptors (Lipinski definition) is 4. The van der Waals surface area contributed by atoms with Crippen molar-refractivity contribution in [2.24, 2.45) is 0 Å². The van der Waals surface area contributed by atoms with Crippen molar-refractivity contribution in [1.82, 2.24) is 10.2 Å². The molecule has 1 aliphatic carbocycles. The Morgan fingerprint density at radius 1 is 1.39 bits per heavy atom. The molecule has 4 heteroatoms. The van der Waals surface area contributed by atoms with Gasteiger partial charge in [-0.05, 0) is 39.2 Å². The van der Waals surface area contributed by atoms with Crippen LogP contribution in [0.3, 0.4) is 0 Å². The summed E-state index contributed by atoms with van der Waals surface area (Å²) in [6, 6.07) is 1.61. The van der Waals surface area contributed by atoms with E-state index in [2.05, 4.69) is 17.1 Å². The maximum atomic E-state index is 11.4. The second-order valence-corrected chi connectivity index (χ2v) is 5.70. The molecule has 2 aliphatic rings. The fourth-order valence-electron chi connectivity index (χ4n) is 2.87. The average Bonchev–Trinajstić information content (AvgIpc) is 3.21. The fraction of sp³-hybridized carbons (Fsp3) is 0.929. The molecule has 0 aromatic carbocycles. The minimum atomic E-state index is -0.0928. The van der Waals surface area contributed by atoms with Crippen LogP contribution < -0.4 is 5.32 Å². The van der Waals surface area contributed by atoms with Gasteiger partial charge < -0.3 is 10.1 Å². The number of methoxy groups -OCH3 is 1. The van der Waals surface area contributed by atoms with Crippen molar-refractivity contribution >= 4 is 5.97 Å². The van der Waals surface area contributed by atoms with E-state index in [1.54, 1.807) is 0 Å². The number of hydrogen-bond donors (Lipinski definition) is 1. The predicted molar refractivity (Wildman–Crippen MR) is 71.5 cm³/mol. The highest BCUT2D eigenvalue weighted by Gasteiger charge is 2.34. The average molecular weight is 254 g/mol. The summed E-state index contributed by atoms with van der Waals surface area (Å²) in [5.74, 6) is -0.0928. The van der Waals surface area contributed by atoms with Crippen molar-refractivity contribution in [3.8, 4) is 0 Å². The summed E-state index contributed by atoms with van der Waals surface area (Å²) in [6.45, 7) is 4.38. The zero-order valence-corrected chi connectivity index (χ0v) is 11.7. The van der Waals surface area contributed by atoms with Gasteiger partial charge in [0, 0.05) is 24.7 Å². The van der Waals surface area contributed by atoms with Crippen LogP contribution in [0.4, 0.5) is 0 Å². The minimum Gasteiger partial charge on any atom is -0.469 e. The molecule has 18 heavy (non-hydrogen) atoms. The SMILES string of the molecule is COC(=O)CC(C)N(CC1CCCCN1)C1CC1. The normalized spacial score (nSPS) is 26.1. The highest BCUT2D eigenvalue weighted by atomic mass is 16.5. The van der Waals surface area contributed by atoms with E-state index in [0.29, 0.717) is 24.5 Å². The van der Waals surface area contributed by atoms with Crippen molar-refractivity contribution in [2.75, 3.05) is 20.2 Å². The molecular formula is C14H26N2O2. The molecule has 0 amide bonds. The van der Waals surface area contributed by atoms with Crippen LogP contribution in [0.15, 0.2) is 0 Å². The fourth-order valence-corrected chi connectivity index (χ4v) is 2.87. The summed E-state index contributed by atoms with van der Waals surface area (Å²) >= 11 is 0. The van der Waals surface area contributed by atoms with Crippen LogP contribution in [0.2, 0.25) is 0 Å². The molecule has 1 saturated carbocycles. The predicted octanol–water partition coefficient (Wildman–Crippen LogP) is 1.54. The number of carbonyl (C=O) groups excluding carboxylic acids is 1. The topological polar surface area (TPSA) is 41.6 Å². The maximum absolute atomic E-state index is 11.4. The summed E-state index contributed by atoms with van der Waals surface area (Å²) in [5, 5.41) is 3.60. The van der Waals surface area contributed by atoms with E-state index >= 15 is 0 Å². The van der Waals surface area contributed by atoms with E-state index in [1.807, 2.05) is 0 Å². The number of esters is 1. The molecule has 2 rings (SSSR count). The molecule has 2 atom stereocenters. The van der Waals surface area contributed by atoms with E-state index in [-0.39, 0.29) is 5.97 Å². The molecule has 1 heterocycles. The first-order valence-corrected chi connectivity index (χ1v) is 7.26. The van der Waals surface area contributed by atoms with Crippen LogP contribution >= 0.6 is 0 Å². The van der Waals surface area contributed by atoms with Crippen molar-refractivity contribution in [3.05, 3.63) is 0 Å². The first kappa shape index (κ1) is 13.8. The molecule has 1 N–H and O–H groups in total. The Bertz CT molecular complexity index is 273. The number of rotatable bonds is 6. The Labute approximate surface area is 110 Å². The standard InChI is InChI=1S/C14H26N2O2/c1-11(9-14(17)18-2)16(13-6-7-13)10-12-5-3-4-8-15-12/h11-13,15H,3-10H2,1-2H3. The molecule has 0 bridgehead atoms. The van der Waals surface area contributed by atoms with E-state index < -0.39 is 0 Å². The van der Waals surface area contributed by atoms with E-state index in [1.165, 1.54) is 39.2 Å². The second-order valence-electron chi connectivity index (χ2n) is 5.70. The lowest BCUT2D eigenvalue weighted by atomic mass is 10.0. The zero-order valence-electron chi connectivity index (χ0n) is 11.7. The number of piperidine rings is 1. The first-order chi connectivity index (χ1) is 8.70. The van der Waals surface area contributed by atoms with Gasteiger partial charge in [-0.3, -0.25) is 9.69 Å². The molecule has 1 saturated heterocycles. The third-order valence-corrected chi connectivity index (χ3v) is 4.12. The lowest BCUT2D eigenvalue weighted by Crippen LogP contribution is -2.48. The maximum Gasteiger partial charge on any atom is 0.307 e. The van der Waals surface area contributed by atoms with Gasteiger partial charge in [0.1, 0.15) is 0 Å². The number of ether oxygens (including phenoxy) is 1. The summed E-state index contributed by atoms with van der Waals surface area (Å²) in [6.07, 6.45) is 7.00. The molecule has 2 fully saturated rings. The Balaban J connectivity index is 1.84. The second kappa shape index (κ2) is 6.53. The van der Waals surface area contributed by atoms with Crippen molar-refractivity contribution in [3.63, 3.8) is 0 Å². The molecule has 0 spiro atoms. The van der Waals surface area contributed by atoms with E-state index in [9.17, 15) is 4.79 Å². The van der Waals surface area contributed by atoms with Crippen molar-refractivity contribution in [1.29, 1.82) is 0 Å². The van der Waals surface area contributed by atoms with Crippen LogP contribution in [0.1, 0.15) is 45.4 Å². The largest absolute Gasteiger partial charge is 0.469 e. The highest BCUT2D eigenvalue weighted by molar-refractivity contribution is 5.69. The van der Waals surface area contributed by atoms with Gasteiger partial charge in [-0.15, -0.1) is 0 Å². The number of nitrogens with one attached hydrogen (secondary N) is 1. The van der Waals surface area contributed by atoms with Crippen LogP contribution in [-0.2, 0) is 9.53 Å². The van der Waals surface area contributed by atoms with Gasteiger partial charge in [-0.25, -0.2) is 0 Å². The van der Waals surface area contributed by atoms with Crippen molar-refractivity contribution < 1.29 is 9.53 Å². The highest BCUT2D eigenvalue weighted by Crippen LogP contribution is 2.30. The molecule has 0 radical (unpaired) electrons. The summed E-state index contributed by atoms with van der Waals surface area (Å²) in [7, 11) is 1.47. The summed E-state index contributed by atoms with van der Waals surface area (Å²) in [4.78, 5) is 13.9. The molecule has 0 aromatic heterocycles. The molecule has 104 valence electrons. The van der Waals surface area contributed by atoms with Gasteiger partial charge in [0.2, 0.25) is 0 Å². The Hall–Kier alpha value is -0.610.